The van der Waals surface area contributed by atoms with Gasteiger partial charge in [-0.15, -0.1) is 0 Å². The lowest BCUT2D eigenvalue weighted by Crippen LogP contribution is -2.34. The van der Waals surface area contributed by atoms with E-state index in [1.165, 1.54) is 13.8 Å². The van der Waals surface area contributed by atoms with Gasteiger partial charge in [0.25, 0.3) is 0 Å². The average molecular weight is 146 g/mol. The van der Waals surface area contributed by atoms with E-state index in [9.17, 15) is 9.18 Å². The Kier molecular flexibility index (Phi) is 1.28. The van der Waals surface area contributed by atoms with Gasteiger partial charge in [-0.05, 0) is 26.7 Å². The summed E-state index contributed by atoms with van der Waals surface area (Å²) in [7, 11) is 0. The van der Waals surface area contributed by atoms with Crippen molar-refractivity contribution in [1.29, 1.82) is 0 Å². The summed E-state index contributed by atoms with van der Waals surface area (Å²) in [5, 5.41) is 8.60. The Morgan fingerprint density at radius 1 is 1.60 bits per heavy atom. The summed E-state index contributed by atoms with van der Waals surface area (Å²) in [5.74, 6) is -1.000. The highest BCUT2D eigenvalue weighted by Gasteiger charge is 2.61. The number of rotatable bonds is 2. The standard InChI is InChI=1S/C7H11FO2/c1-6(2,8)7(3-4-7)5(9)10/h3-4H2,1-2H3,(H,9,10). The minimum atomic E-state index is -1.57. The van der Waals surface area contributed by atoms with Crippen LogP contribution in [0.4, 0.5) is 4.39 Å². The maximum Gasteiger partial charge on any atom is 0.312 e. The van der Waals surface area contributed by atoms with Gasteiger partial charge in [0.05, 0.1) is 0 Å². The van der Waals surface area contributed by atoms with Crippen molar-refractivity contribution in [3.05, 3.63) is 0 Å². The van der Waals surface area contributed by atoms with E-state index >= 15 is 0 Å². The monoisotopic (exact) mass is 146 g/mol. The van der Waals surface area contributed by atoms with Crippen molar-refractivity contribution in [2.75, 3.05) is 0 Å². The zero-order valence-electron chi connectivity index (χ0n) is 6.15. The van der Waals surface area contributed by atoms with Crippen molar-refractivity contribution >= 4 is 5.97 Å². The first kappa shape index (κ1) is 7.51. The quantitative estimate of drug-likeness (QED) is 0.642. The first-order valence-electron chi connectivity index (χ1n) is 3.32. The summed E-state index contributed by atoms with van der Waals surface area (Å²) in [6.45, 7) is 2.66. The van der Waals surface area contributed by atoms with Gasteiger partial charge in [0.2, 0.25) is 0 Å². The van der Waals surface area contributed by atoms with Crippen LogP contribution in [0.1, 0.15) is 26.7 Å². The summed E-state index contributed by atoms with van der Waals surface area (Å²) in [6, 6.07) is 0. The summed E-state index contributed by atoms with van der Waals surface area (Å²) in [4.78, 5) is 10.5. The fourth-order valence-corrected chi connectivity index (χ4v) is 1.19. The highest BCUT2D eigenvalue weighted by atomic mass is 19.1. The highest BCUT2D eigenvalue weighted by molar-refractivity contribution is 5.79. The van der Waals surface area contributed by atoms with Crippen LogP contribution in [0.3, 0.4) is 0 Å². The molecule has 0 bridgehead atoms. The molecule has 0 aliphatic heterocycles. The minimum absolute atomic E-state index is 0.478. The zero-order valence-corrected chi connectivity index (χ0v) is 6.15. The highest BCUT2D eigenvalue weighted by Crippen LogP contribution is 2.55. The van der Waals surface area contributed by atoms with Crippen LogP contribution >= 0.6 is 0 Å². The third-order valence-corrected chi connectivity index (χ3v) is 2.30. The maximum absolute atomic E-state index is 13.1. The van der Waals surface area contributed by atoms with Gasteiger partial charge in [0.1, 0.15) is 11.1 Å². The number of carboxylic acids is 1. The molecule has 0 radical (unpaired) electrons. The Bertz CT molecular complexity index is 165. The topological polar surface area (TPSA) is 37.3 Å². The molecule has 2 nitrogen and oxygen atoms in total. The Balaban J connectivity index is 2.80. The smallest absolute Gasteiger partial charge is 0.312 e. The van der Waals surface area contributed by atoms with Gasteiger partial charge in [-0.2, -0.15) is 0 Å². The van der Waals surface area contributed by atoms with Crippen LogP contribution in [-0.2, 0) is 4.79 Å². The van der Waals surface area contributed by atoms with E-state index in [1.54, 1.807) is 0 Å². The molecule has 1 saturated carbocycles. The molecule has 1 fully saturated rings. The van der Waals surface area contributed by atoms with Crippen molar-refractivity contribution in [3.63, 3.8) is 0 Å². The Morgan fingerprint density at radius 3 is 2.00 bits per heavy atom. The van der Waals surface area contributed by atoms with Gasteiger partial charge in [-0.25, -0.2) is 4.39 Å². The molecule has 0 aromatic heterocycles. The van der Waals surface area contributed by atoms with Gasteiger partial charge in [-0.1, -0.05) is 0 Å². The summed E-state index contributed by atoms with van der Waals surface area (Å²) in [6.07, 6.45) is 0.956. The molecule has 0 spiro atoms. The third kappa shape index (κ3) is 0.805. The van der Waals surface area contributed by atoms with Gasteiger partial charge in [-0.3, -0.25) is 4.79 Å². The van der Waals surface area contributed by atoms with Crippen LogP contribution in [0.25, 0.3) is 0 Å². The second-order valence-corrected chi connectivity index (χ2v) is 3.36. The van der Waals surface area contributed by atoms with Gasteiger partial charge in [0.15, 0.2) is 0 Å². The van der Waals surface area contributed by atoms with Crippen molar-refractivity contribution in [2.45, 2.75) is 32.4 Å². The maximum atomic E-state index is 13.1. The molecule has 58 valence electrons. The number of hydrogen-bond donors (Lipinski definition) is 1. The van der Waals surface area contributed by atoms with Crippen LogP contribution < -0.4 is 0 Å². The van der Waals surface area contributed by atoms with E-state index in [4.69, 9.17) is 5.11 Å². The van der Waals surface area contributed by atoms with Crippen LogP contribution in [0.2, 0.25) is 0 Å². The zero-order chi connectivity index (χ0) is 7.99. The van der Waals surface area contributed by atoms with E-state index in [-0.39, 0.29) is 0 Å². The largest absolute Gasteiger partial charge is 0.481 e. The molecule has 0 atom stereocenters. The van der Waals surface area contributed by atoms with Crippen molar-refractivity contribution in [3.8, 4) is 0 Å². The van der Waals surface area contributed by atoms with E-state index in [0.29, 0.717) is 12.8 Å². The van der Waals surface area contributed by atoms with E-state index in [1.807, 2.05) is 0 Å². The minimum Gasteiger partial charge on any atom is -0.481 e. The molecule has 10 heavy (non-hydrogen) atoms. The molecular weight excluding hydrogens is 135 g/mol. The van der Waals surface area contributed by atoms with E-state index in [2.05, 4.69) is 0 Å². The molecule has 1 aliphatic carbocycles. The van der Waals surface area contributed by atoms with Crippen molar-refractivity contribution < 1.29 is 14.3 Å². The Hall–Kier alpha value is -0.600. The predicted octanol–water partition coefficient (Wildman–Crippen LogP) is 1.60. The summed E-state index contributed by atoms with van der Waals surface area (Å²) >= 11 is 0. The SMILES string of the molecule is CC(C)(F)C1(C(=O)O)CC1. The number of aliphatic carboxylic acids is 1. The molecule has 1 N–H and O–H groups in total. The molecule has 0 saturated heterocycles. The number of hydrogen-bond acceptors (Lipinski definition) is 1. The molecule has 0 heterocycles. The van der Waals surface area contributed by atoms with Gasteiger partial charge < -0.3 is 5.11 Å². The molecule has 0 unspecified atom stereocenters. The first-order chi connectivity index (χ1) is 4.40. The van der Waals surface area contributed by atoms with Crippen LogP contribution in [-0.4, -0.2) is 16.7 Å². The fourth-order valence-electron chi connectivity index (χ4n) is 1.19. The van der Waals surface area contributed by atoms with Gasteiger partial charge in [0, 0.05) is 0 Å². The van der Waals surface area contributed by atoms with Crippen LogP contribution in [0.15, 0.2) is 0 Å². The van der Waals surface area contributed by atoms with Crippen molar-refractivity contribution in [2.24, 2.45) is 5.41 Å². The second kappa shape index (κ2) is 1.71. The number of alkyl halides is 1. The molecule has 0 aromatic carbocycles. The molecule has 1 aliphatic rings. The lowest BCUT2D eigenvalue weighted by Gasteiger charge is -2.21. The molecule has 1 rings (SSSR count). The van der Waals surface area contributed by atoms with E-state index < -0.39 is 17.1 Å². The number of halogens is 1. The Labute approximate surface area is 59.0 Å². The summed E-state index contributed by atoms with van der Waals surface area (Å²) < 4.78 is 13.1. The lowest BCUT2D eigenvalue weighted by molar-refractivity contribution is -0.149. The van der Waals surface area contributed by atoms with Crippen LogP contribution in [0, 0.1) is 5.41 Å². The molecule has 3 heteroatoms. The second-order valence-electron chi connectivity index (χ2n) is 3.36. The lowest BCUT2D eigenvalue weighted by atomic mass is 9.90. The molecule has 0 amide bonds. The molecular formula is C7H11FO2. The third-order valence-electron chi connectivity index (χ3n) is 2.30. The summed E-state index contributed by atoms with van der Waals surface area (Å²) in [5.41, 5.74) is -2.63. The van der Waals surface area contributed by atoms with Crippen molar-refractivity contribution in [1.82, 2.24) is 0 Å². The predicted molar refractivity (Wildman–Crippen MR) is 34.5 cm³/mol. The van der Waals surface area contributed by atoms with Crippen LogP contribution in [0.5, 0.6) is 0 Å². The Morgan fingerprint density at radius 2 is 2.00 bits per heavy atom. The molecule has 0 aromatic rings. The fraction of sp³-hybridized carbons (Fsp3) is 0.857. The number of carbonyl (C=O) groups is 1. The average Bonchev–Trinajstić information content (AvgIpc) is 2.36. The van der Waals surface area contributed by atoms with E-state index in [0.717, 1.165) is 0 Å². The number of carboxylic acid groups (broad SMARTS) is 1. The van der Waals surface area contributed by atoms with Gasteiger partial charge >= 0.3 is 5.97 Å². The first-order valence-corrected chi connectivity index (χ1v) is 3.32. The normalized spacial score (nSPS) is 22.3.